The third-order valence-electron chi connectivity index (χ3n) is 5.22. The molecule has 3 aromatic rings. The summed E-state index contributed by atoms with van der Waals surface area (Å²) in [5.74, 6) is 0.120. The van der Waals surface area contributed by atoms with Gasteiger partial charge in [-0.1, -0.05) is 40.9 Å². The largest absolute Gasteiger partial charge is 0.422 e. The van der Waals surface area contributed by atoms with E-state index >= 15 is 0 Å². The molecule has 1 fully saturated rings. The van der Waals surface area contributed by atoms with Gasteiger partial charge >= 0.3 is 11.7 Å². The number of rotatable bonds is 3. The highest BCUT2D eigenvalue weighted by molar-refractivity contribution is 6.36. The summed E-state index contributed by atoms with van der Waals surface area (Å²) >= 11 is 18.9. The average Bonchev–Trinajstić information content (AvgIpc) is 2.75. The van der Waals surface area contributed by atoms with E-state index in [9.17, 15) is 9.59 Å². The van der Waals surface area contributed by atoms with Crippen LogP contribution in [0.2, 0.25) is 15.1 Å². The third kappa shape index (κ3) is 4.53. The Morgan fingerprint density at radius 3 is 2.42 bits per heavy atom. The van der Waals surface area contributed by atoms with Crippen LogP contribution >= 0.6 is 34.8 Å². The molecule has 9 heteroatoms. The van der Waals surface area contributed by atoms with Crippen molar-refractivity contribution in [2.24, 2.45) is 0 Å². The maximum absolute atomic E-state index is 12.7. The van der Waals surface area contributed by atoms with Crippen LogP contribution in [0, 0.1) is 6.92 Å². The summed E-state index contributed by atoms with van der Waals surface area (Å²) in [5, 5.41) is 1.80. The summed E-state index contributed by atoms with van der Waals surface area (Å²) in [5.41, 5.74) is 1.51. The molecule has 0 bridgehead atoms. The second kappa shape index (κ2) is 9.09. The third-order valence-corrected chi connectivity index (χ3v) is 6.23. The zero-order valence-corrected chi connectivity index (χ0v) is 18.8. The van der Waals surface area contributed by atoms with Gasteiger partial charge < -0.3 is 18.8 Å². The zero-order valence-electron chi connectivity index (χ0n) is 16.5. The number of ether oxygens (including phenoxy) is 2. The molecule has 4 rings (SSSR count). The number of amides is 1. The van der Waals surface area contributed by atoms with E-state index in [-0.39, 0.29) is 22.8 Å². The molecule has 0 radical (unpaired) electrons. The van der Waals surface area contributed by atoms with Crippen molar-refractivity contribution in [1.82, 2.24) is 4.90 Å². The van der Waals surface area contributed by atoms with Gasteiger partial charge in [-0.3, -0.25) is 0 Å². The number of halogens is 3. The Hall–Kier alpha value is -2.25. The highest BCUT2D eigenvalue weighted by Gasteiger charge is 2.22. The Kier molecular flexibility index (Phi) is 6.44. The van der Waals surface area contributed by atoms with E-state index in [0.29, 0.717) is 58.4 Å². The molecule has 2 aromatic carbocycles. The fourth-order valence-corrected chi connectivity index (χ4v) is 4.19. The van der Waals surface area contributed by atoms with Crippen molar-refractivity contribution in [3.05, 3.63) is 72.5 Å². The molecule has 1 aliphatic rings. The number of carbonyl (C=O) groups is 1. The number of morpholine rings is 1. The summed E-state index contributed by atoms with van der Waals surface area (Å²) in [7, 11) is 0. The van der Waals surface area contributed by atoms with Gasteiger partial charge in [0, 0.05) is 46.6 Å². The van der Waals surface area contributed by atoms with Crippen LogP contribution in [-0.4, -0.2) is 37.3 Å². The first-order valence-electron chi connectivity index (χ1n) is 9.58. The van der Waals surface area contributed by atoms with Gasteiger partial charge in [0.2, 0.25) is 0 Å². The van der Waals surface area contributed by atoms with Crippen molar-refractivity contribution in [2.45, 2.75) is 13.3 Å². The summed E-state index contributed by atoms with van der Waals surface area (Å²) in [4.78, 5) is 26.6. The van der Waals surface area contributed by atoms with Gasteiger partial charge in [-0.05, 0) is 36.2 Å². The summed E-state index contributed by atoms with van der Waals surface area (Å²) in [6.45, 7) is 3.58. The molecule has 1 aromatic heterocycles. The topological polar surface area (TPSA) is 69.0 Å². The first kappa shape index (κ1) is 22.0. The zero-order chi connectivity index (χ0) is 22.1. The van der Waals surface area contributed by atoms with Crippen LogP contribution in [0.4, 0.5) is 4.79 Å². The van der Waals surface area contributed by atoms with E-state index < -0.39 is 11.7 Å². The molecule has 0 atom stereocenters. The van der Waals surface area contributed by atoms with Gasteiger partial charge in [0.1, 0.15) is 5.58 Å². The molecule has 31 heavy (non-hydrogen) atoms. The highest BCUT2D eigenvalue weighted by Crippen LogP contribution is 2.34. The highest BCUT2D eigenvalue weighted by atomic mass is 35.5. The minimum atomic E-state index is -0.534. The van der Waals surface area contributed by atoms with Crippen LogP contribution in [0.1, 0.15) is 16.7 Å². The molecule has 0 spiro atoms. The monoisotopic (exact) mass is 481 g/mol. The molecule has 0 aliphatic carbocycles. The van der Waals surface area contributed by atoms with Gasteiger partial charge in [-0.2, -0.15) is 0 Å². The quantitative estimate of drug-likeness (QED) is 0.462. The van der Waals surface area contributed by atoms with E-state index in [1.165, 1.54) is 11.0 Å². The molecule has 1 aliphatic heterocycles. The van der Waals surface area contributed by atoms with Gasteiger partial charge in [-0.25, -0.2) is 9.59 Å². The molecule has 0 saturated carbocycles. The molecular weight excluding hydrogens is 465 g/mol. The lowest BCUT2D eigenvalue weighted by Crippen LogP contribution is -2.42. The van der Waals surface area contributed by atoms with Gasteiger partial charge in [-0.15, -0.1) is 0 Å². The molecule has 2 heterocycles. The number of fused-ring (bicyclic) bond motifs is 1. The number of hydrogen-bond donors (Lipinski definition) is 0. The fourth-order valence-electron chi connectivity index (χ4n) is 3.45. The average molecular weight is 483 g/mol. The van der Waals surface area contributed by atoms with Gasteiger partial charge in [0.15, 0.2) is 5.75 Å². The maximum Gasteiger partial charge on any atom is 0.415 e. The smallest absolute Gasteiger partial charge is 0.415 e. The van der Waals surface area contributed by atoms with Crippen LogP contribution in [0.5, 0.6) is 5.75 Å². The second-order valence-electron chi connectivity index (χ2n) is 7.12. The van der Waals surface area contributed by atoms with Crippen molar-refractivity contribution in [3.8, 4) is 5.75 Å². The Balaban J connectivity index is 1.69. The van der Waals surface area contributed by atoms with Crippen LogP contribution in [0.25, 0.3) is 11.0 Å². The number of benzene rings is 2. The van der Waals surface area contributed by atoms with Gasteiger partial charge in [0.05, 0.1) is 18.2 Å². The molecule has 162 valence electrons. The predicted octanol–water partition coefficient (Wildman–Crippen LogP) is 5.48. The van der Waals surface area contributed by atoms with Crippen molar-refractivity contribution in [2.75, 3.05) is 26.3 Å². The SMILES string of the molecule is Cc1c(Cc2c(Cl)cccc2Cl)c(=O)oc2cc(OC(=O)N3CCOCC3)c(Cl)cc12. The first-order chi connectivity index (χ1) is 14.8. The minimum absolute atomic E-state index is 0.120. The lowest BCUT2D eigenvalue weighted by molar-refractivity contribution is 0.0416. The standard InChI is InChI=1S/C22H18Cl3NO5/c1-12-13-10-18(25)20(31-22(28)26-5-7-29-8-6-26)11-19(13)30-21(27)14(12)9-15-16(23)3-2-4-17(15)24/h2-4,10-11H,5-9H2,1H3. The van der Waals surface area contributed by atoms with Crippen LogP contribution < -0.4 is 10.4 Å². The van der Waals surface area contributed by atoms with E-state index in [1.54, 1.807) is 31.2 Å². The molecular formula is C22H18Cl3NO5. The van der Waals surface area contributed by atoms with Crippen LogP contribution in [0.3, 0.4) is 0 Å². The van der Waals surface area contributed by atoms with E-state index in [0.717, 1.165) is 0 Å². The Labute approximate surface area is 193 Å². The molecule has 0 N–H and O–H groups in total. The maximum atomic E-state index is 12.7. The van der Waals surface area contributed by atoms with Crippen molar-refractivity contribution in [3.63, 3.8) is 0 Å². The minimum Gasteiger partial charge on any atom is -0.422 e. The number of nitrogens with zero attached hydrogens (tertiary/aromatic N) is 1. The van der Waals surface area contributed by atoms with Crippen molar-refractivity contribution >= 4 is 51.9 Å². The summed E-state index contributed by atoms with van der Waals surface area (Å²) in [6.07, 6.45) is -0.317. The normalized spacial score (nSPS) is 14.1. The number of carbonyl (C=O) groups excluding carboxylic acids is 1. The molecule has 1 amide bonds. The Bertz CT molecular complexity index is 1200. The van der Waals surface area contributed by atoms with Crippen molar-refractivity contribution in [1.29, 1.82) is 0 Å². The first-order valence-corrected chi connectivity index (χ1v) is 10.7. The van der Waals surface area contributed by atoms with E-state index in [2.05, 4.69) is 0 Å². The number of aryl methyl sites for hydroxylation is 1. The second-order valence-corrected chi connectivity index (χ2v) is 8.34. The Morgan fingerprint density at radius 2 is 1.74 bits per heavy atom. The van der Waals surface area contributed by atoms with Crippen molar-refractivity contribution < 1.29 is 18.7 Å². The molecule has 0 unspecified atom stereocenters. The molecule has 6 nitrogen and oxygen atoms in total. The van der Waals surface area contributed by atoms with Gasteiger partial charge in [0.25, 0.3) is 0 Å². The lowest BCUT2D eigenvalue weighted by Gasteiger charge is -2.26. The summed E-state index contributed by atoms with van der Waals surface area (Å²) in [6, 6.07) is 8.24. The fraction of sp³-hybridized carbons (Fsp3) is 0.273. The number of hydrogen-bond acceptors (Lipinski definition) is 5. The molecule has 1 saturated heterocycles. The Morgan fingerprint density at radius 1 is 1.06 bits per heavy atom. The lowest BCUT2D eigenvalue weighted by atomic mass is 9.99. The van der Waals surface area contributed by atoms with Crippen LogP contribution in [-0.2, 0) is 11.2 Å². The van der Waals surface area contributed by atoms with E-state index in [4.69, 9.17) is 48.7 Å². The summed E-state index contributed by atoms with van der Waals surface area (Å²) < 4.78 is 16.2. The van der Waals surface area contributed by atoms with E-state index in [1.807, 2.05) is 0 Å². The van der Waals surface area contributed by atoms with Crippen LogP contribution in [0.15, 0.2) is 39.5 Å². The predicted molar refractivity (Wildman–Crippen MR) is 120 cm³/mol.